The van der Waals surface area contributed by atoms with Crippen molar-refractivity contribution in [3.05, 3.63) is 65.2 Å². The quantitative estimate of drug-likeness (QED) is 0.387. The predicted molar refractivity (Wildman–Crippen MR) is 97.0 cm³/mol. The molecule has 0 fully saturated rings. The fraction of sp³-hybridized carbons (Fsp3) is 0.333. The number of rotatable bonds is 9. The molecule has 0 spiro atoms. The summed E-state index contributed by atoms with van der Waals surface area (Å²) in [6, 6.07) is 14.7. The van der Waals surface area contributed by atoms with Crippen molar-refractivity contribution in [1.29, 1.82) is 0 Å². The van der Waals surface area contributed by atoms with E-state index in [1.807, 2.05) is 31.2 Å². The highest BCUT2D eigenvalue weighted by molar-refractivity contribution is 6.09. The molecule has 0 aliphatic carbocycles. The lowest BCUT2D eigenvalue weighted by Gasteiger charge is -2.07. The minimum Gasteiger partial charge on any atom is -0.494 e. The Kier molecular flexibility index (Phi) is 7.20. The van der Waals surface area contributed by atoms with Crippen LogP contribution in [0.15, 0.2) is 48.5 Å². The van der Waals surface area contributed by atoms with Crippen LogP contribution in [0.2, 0.25) is 0 Å². The van der Waals surface area contributed by atoms with Crippen LogP contribution in [0.4, 0.5) is 0 Å². The summed E-state index contributed by atoms with van der Waals surface area (Å²) in [5, 5.41) is 0. The topological polar surface area (TPSA) is 52.6 Å². The molecule has 0 N–H and O–H groups in total. The summed E-state index contributed by atoms with van der Waals surface area (Å²) >= 11 is 0. The van der Waals surface area contributed by atoms with Crippen molar-refractivity contribution in [2.45, 2.75) is 33.1 Å². The maximum Gasteiger partial charge on any atom is 0.305 e. The van der Waals surface area contributed by atoms with Crippen LogP contribution in [0.25, 0.3) is 0 Å². The van der Waals surface area contributed by atoms with Crippen molar-refractivity contribution >= 4 is 11.8 Å². The molecule has 0 saturated heterocycles. The Balaban J connectivity index is 1.79. The number of carbonyl (C=O) groups excluding carboxylic acids is 2. The first-order valence-electron chi connectivity index (χ1n) is 8.60. The molecule has 2 aromatic rings. The molecule has 0 aliphatic heterocycles. The van der Waals surface area contributed by atoms with Gasteiger partial charge in [-0.05, 0) is 51.0 Å². The summed E-state index contributed by atoms with van der Waals surface area (Å²) in [5.41, 5.74) is 2.44. The van der Waals surface area contributed by atoms with E-state index in [-0.39, 0.29) is 11.8 Å². The van der Waals surface area contributed by atoms with Crippen LogP contribution in [0.1, 0.15) is 47.7 Å². The maximum atomic E-state index is 12.4. The van der Waals surface area contributed by atoms with Crippen molar-refractivity contribution in [2.24, 2.45) is 0 Å². The number of benzene rings is 2. The van der Waals surface area contributed by atoms with Gasteiger partial charge < -0.3 is 9.47 Å². The van der Waals surface area contributed by atoms with Gasteiger partial charge in [0, 0.05) is 17.5 Å². The number of unbranched alkanes of at least 4 members (excludes halogenated alkanes) is 1. The molecular weight excluding hydrogens is 316 g/mol. The number of hydrogen-bond donors (Lipinski definition) is 0. The monoisotopic (exact) mass is 340 g/mol. The summed E-state index contributed by atoms with van der Waals surface area (Å²) in [5.74, 6) is 0.555. The van der Waals surface area contributed by atoms with Gasteiger partial charge >= 0.3 is 5.97 Å². The van der Waals surface area contributed by atoms with Gasteiger partial charge in [-0.25, -0.2) is 0 Å². The first-order valence-corrected chi connectivity index (χ1v) is 8.60. The molecule has 0 atom stereocenters. The van der Waals surface area contributed by atoms with E-state index in [4.69, 9.17) is 9.47 Å². The Bertz CT molecular complexity index is 687. The predicted octanol–water partition coefficient (Wildman–Crippen LogP) is 4.34. The van der Waals surface area contributed by atoms with Crippen molar-refractivity contribution in [2.75, 3.05) is 13.2 Å². The second kappa shape index (κ2) is 9.62. The highest BCUT2D eigenvalue weighted by Gasteiger charge is 2.09. The highest BCUT2D eigenvalue weighted by atomic mass is 16.5. The van der Waals surface area contributed by atoms with Gasteiger partial charge in [0.05, 0.1) is 13.2 Å². The summed E-state index contributed by atoms with van der Waals surface area (Å²) < 4.78 is 10.5. The van der Waals surface area contributed by atoms with Crippen LogP contribution in [-0.2, 0) is 9.53 Å². The third-order valence-corrected chi connectivity index (χ3v) is 3.78. The molecule has 0 saturated carbocycles. The van der Waals surface area contributed by atoms with Crippen molar-refractivity contribution in [3.8, 4) is 5.75 Å². The number of hydrogen-bond acceptors (Lipinski definition) is 4. The molecule has 2 rings (SSSR count). The number of ether oxygens (including phenoxy) is 2. The zero-order valence-corrected chi connectivity index (χ0v) is 14.8. The Hall–Kier alpha value is -2.62. The fourth-order valence-corrected chi connectivity index (χ4v) is 2.37. The Morgan fingerprint density at radius 3 is 2.08 bits per heavy atom. The van der Waals surface area contributed by atoms with Gasteiger partial charge in [-0.3, -0.25) is 9.59 Å². The van der Waals surface area contributed by atoms with Crippen LogP contribution < -0.4 is 4.74 Å². The molecule has 132 valence electrons. The largest absolute Gasteiger partial charge is 0.494 e. The second-order valence-corrected chi connectivity index (χ2v) is 5.83. The molecule has 0 aromatic heterocycles. The average Bonchev–Trinajstić information content (AvgIpc) is 2.62. The van der Waals surface area contributed by atoms with Crippen molar-refractivity contribution < 1.29 is 19.1 Å². The zero-order chi connectivity index (χ0) is 18.1. The normalized spacial score (nSPS) is 10.3. The molecule has 0 heterocycles. The number of carbonyl (C=O) groups is 2. The van der Waals surface area contributed by atoms with Gasteiger partial charge in [0.15, 0.2) is 5.78 Å². The maximum absolute atomic E-state index is 12.4. The highest BCUT2D eigenvalue weighted by Crippen LogP contribution is 2.16. The minimum absolute atomic E-state index is 0.000913. The van der Waals surface area contributed by atoms with Gasteiger partial charge in [0.2, 0.25) is 0 Å². The first-order chi connectivity index (χ1) is 12.1. The zero-order valence-electron chi connectivity index (χ0n) is 14.8. The minimum atomic E-state index is -0.165. The molecule has 2 aromatic carbocycles. The van der Waals surface area contributed by atoms with Crippen LogP contribution in [0, 0.1) is 6.92 Å². The van der Waals surface area contributed by atoms with Crippen LogP contribution in [-0.4, -0.2) is 25.0 Å². The van der Waals surface area contributed by atoms with E-state index in [0.29, 0.717) is 30.8 Å². The van der Waals surface area contributed by atoms with Gasteiger partial charge in [-0.2, -0.15) is 0 Å². The summed E-state index contributed by atoms with van der Waals surface area (Å²) in [6.07, 6.45) is 1.94. The van der Waals surface area contributed by atoms with Crippen LogP contribution >= 0.6 is 0 Å². The molecular formula is C21H24O4. The van der Waals surface area contributed by atoms with Crippen molar-refractivity contribution in [1.82, 2.24) is 0 Å². The van der Waals surface area contributed by atoms with E-state index in [9.17, 15) is 9.59 Å². The van der Waals surface area contributed by atoms with E-state index in [1.165, 1.54) is 0 Å². The molecule has 4 nitrogen and oxygen atoms in total. The average molecular weight is 340 g/mol. The van der Waals surface area contributed by atoms with Crippen molar-refractivity contribution in [3.63, 3.8) is 0 Å². The molecule has 0 radical (unpaired) electrons. The first kappa shape index (κ1) is 18.7. The molecule has 0 unspecified atom stereocenters. The van der Waals surface area contributed by atoms with Crippen LogP contribution in [0.5, 0.6) is 5.75 Å². The van der Waals surface area contributed by atoms with E-state index in [0.717, 1.165) is 24.2 Å². The lowest BCUT2D eigenvalue weighted by molar-refractivity contribution is -0.143. The summed E-state index contributed by atoms with van der Waals surface area (Å²) in [7, 11) is 0. The Morgan fingerprint density at radius 2 is 1.48 bits per heavy atom. The Labute approximate surface area is 148 Å². The van der Waals surface area contributed by atoms with Gasteiger partial charge in [-0.15, -0.1) is 0 Å². The standard InChI is InChI=1S/C21H24O4/c1-3-24-20(22)6-4-5-15-25-19-13-11-18(12-14-19)21(23)17-9-7-16(2)8-10-17/h7-14H,3-6,15H2,1-2H3. The SMILES string of the molecule is CCOC(=O)CCCCOc1ccc(C(=O)c2ccc(C)cc2)cc1. The lowest BCUT2D eigenvalue weighted by atomic mass is 10.0. The second-order valence-electron chi connectivity index (χ2n) is 5.83. The number of aryl methyl sites for hydroxylation is 1. The van der Waals surface area contributed by atoms with E-state index in [2.05, 4.69) is 0 Å². The summed E-state index contributed by atoms with van der Waals surface area (Å²) in [6.45, 7) is 4.75. The molecule has 0 amide bonds. The van der Waals surface area contributed by atoms with E-state index in [1.54, 1.807) is 31.2 Å². The van der Waals surface area contributed by atoms with E-state index < -0.39 is 0 Å². The molecule has 4 heteroatoms. The smallest absolute Gasteiger partial charge is 0.305 e. The molecule has 25 heavy (non-hydrogen) atoms. The molecule has 0 bridgehead atoms. The van der Waals surface area contributed by atoms with Gasteiger partial charge in [0.25, 0.3) is 0 Å². The summed E-state index contributed by atoms with van der Waals surface area (Å²) in [4.78, 5) is 23.6. The Morgan fingerprint density at radius 1 is 0.880 bits per heavy atom. The van der Waals surface area contributed by atoms with E-state index >= 15 is 0 Å². The fourth-order valence-electron chi connectivity index (χ4n) is 2.37. The number of esters is 1. The number of ketones is 1. The van der Waals surface area contributed by atoms with Crippen LogP contribution in [0.3, 0.4) is 0 Å². The third-order valence-electron chi connectivity index (χ3n) is 3.78. The lowest BCUT2D eigenvalue weighted by Crippen LogP contribution is -2.05. The van der Waals surface area contributed by atoms with Gasteiger partial charge in [0.1, 0.15) is 5.75 Å². The molecule has 0 aliphatic rings. The third kappa shape index (κ3) is 6.07. The van der Waals surface area contributed by atoms with Gasteiger partial charge in [-0.1, -0.05) is 29.8 Å².